The number of nitrogens with zero attached hydrogens (tertiary/aromatic N) is 2. The first kappa shape index (κ1) is 21.2. The zero-order chi connectivity index (χ0) is 21.8. The van der Waals surface area contributed by atoms with E-state index in [-0.39, 0.29) is 17.1 Å². The van der Waals surface area contributed by atoms with E-state index in [1.165, 1.54) is 30.8 Å². The summed E-state index contributed by atoms with van der Waals surface area (Å²) in [6.45, 7) is 3.36. The molecule has 1 unspecified atom stereocenters. The molecule has 160 valence electrons. The number of carbonyl (C=O) groups is 2. The number of aryl methyl sites for hydroxylation is 1. The molecule has 7 heteroatoms. The highest BCUT2D eigenvalue weighted by atomic mass is 32.2. The summed E-state index contributed by atoms with van der Waals surface area (Å²) in [6.07, 6.45) is 4.33. The fourth-order valence-electron chi connectivity index (χ4n) is 3.73. The zero-order valence-corrected chi connectivity index (χ0v) is 18.5. The Labute approximate surface area is 186 Å². The molecule has 0 spiro atoms. The first-order valence-corrected chi connectivity index (χ1v) is 11.4. The lowest BCUT2D eigenvalue weighted by atomic mass is 10.0. The predicted molar refractivity (Wildman–Crippen MR) is 125 cm³/mol. The lowest BCUT2D eigenvalue weighted by Gasteiger charge is -2.16. The van der Waals surface area contributed by atoms with Gasteiger partial charge in [-0.2, -0.15) is 0 Å². The van der Waals surface area contributed by atoms with Gasteiger partial charge in [0.1, 0.15) is 0 Å². The summed E-state index contributed by atoms with van der Waals surface area (Å²) in [6, 6.07) is 17.3. The topological polar surface area (TPSA) is 76.0 Å². The fourth-order valence-corrected chi connectivity index (χ4v) is 4.70. The second-order valence-electron chi connectivity index (χ2n) is 7.67. The molecule has 0 fully saturated rings. The van der Waals surface area contributed by atoms with Gasteiger partial charge in [-0.25, -0.2) is 4.98 Å². The van der Waals surface area contributed by atoms with Gasteiger partial charge < -0.3 is 10.6 Å². The molecule has 3 aromatic rings. The van der Waals surface area contributed by atoms with Gasteiger partial charge in [-0.15, -0.1) is 0 Å². The molecular weight excluding hydrogens is 408 g/mol. The maximum Gasteiger partial charge on any atom is 0.237 e. The number of thioether (sulfide) groups is 1. The summed E-state index contributed by atoms with van der Waals surface area (Å²) < 4.78 is 2.21. The van der Waals surface area contributed by atoms with Crippen molar-refractivity contribution < 1.29 is 9.59 Å². The van der Waals surface area contributed by atoms with E-state index in [1.54, 1.807) is 24.3 Å². The zero-order valence-electron chi connectivity index (χ0n) is 17.7. The summed E-state index contributed by atoms with van der Waals surface area (Å²) >= 11 is 1.48. The van der Waals surface area contributed by atoms with Crippen LogP contribution < -0.4 is 10.6 Å². The Morgan fingerprint density at radius 1 is 0.968 bits per heavy atom. The Balaban J connectivity index is 1.50. The first-order valence-electron chi connectivity index (χ1n) is 10.5. The number of nitrogens with one attached hydrogen (secondary N) is 2. The molecule has 1 aliphatic carbocycles. The number of benzene rings is 2. The Kier molecular flexibility index (Phi) is 6.42. The van der Waals surface area contributed by atoms with Gasteiger partial charge in [0, 0.05) is 29.7 Å². The average molecular weight is 435 g/mol. The van der Waals surface area contributed by atoms with Crippen molar-refractivity contribution in [3.8, 4) is 5.69 Å². The van der Waals surface area contributed by atoms with Crippen LogP contribution in [-0.4, -0.2) is 26.6 Å². The van der Waals surface area contributed by atoms with E-state index in [0.717, 1.165) is 35.8 Å². The fraction of sp³-hybridized carbons (Fsp3) is 0.292. The van der Waals surface area contributed by atoms with Crippen LogP contribution in [0.2, 0.25) is 0 Å². The molecule has 1 aromatic heterocycles. The first-order chi connectivity index (χ1) is 15.0. The highest BCUT2D eigenvalue weighted by Gasteiger charge is 2.24. The quantitative estimate of drug-likeness (QED) is 0.545. The average Bonchev–Trinajstić information content (AvgIpc) is 3.13. The molecule has 4 rings (SSSR count). The SMILES string of the molecule is CC(=O)Nc1ccc(NC(=O)C(C)Sc2nc3c(n2-c2ccccc2)CCCC3)cc1. The standard InChI is InChI=1S/C24H26N4O2S/c1-16(23(30)26-19-14-12-18(13-15-19)25-17(2)29)31-24-27-21-10-6-7-11-22(21)28(24)20-8-4-3-5-9-20/h3-5,8-9,12-16H,6-7,10-11H2,1-2H3,(H,25,29)(H,26,30). The molecule has 1 heterocycles. The van der Waals surface area contributed by atoms with Crippen LogP contribution in [0.1, 0.15) is 38.1 Å². The Bertz CT molecular complexity index is 1080. The van der Waals surface area contributed by atoms with Crippen molar-refractivity contribution in [3.63, 3.8) is 0 Å². The monoisotopic (exact) mass is 434 g/mol. The minimum atomic E-state index is -0.318. The second kappa shape index (κ2) is 9.39. The number of fused-ring (bicyclic) bond motifs is 1. The van der Waals surface area contributed by atoms with Gasteiger partial charge in [0.25, 0.3) is 0 Å². The lowest BCUT2D eigenvalue weighted by Crippen LogP contribution is -2.23. The minimum absolute atomic E-state index is 0.0853. The van der Waals surface area contributed by atoms with E-state index < -0.39 is 0 Å². The second-order valence-corrected chi connectivity index (χ2v) is 8.98. The molecule has 0 bridgehead atoms. The molecule has 2 aromatic carbocycles. The number of imidazole rings is 1. The molecule has 1 aliphatic rings. The van der Waals surface area contributed by atoms with E-state index in [1.807, 2.05) is 25.1 Å². The summed E-state index contributed by atoms with van der Waals surface area (Å²) in [5, 5.41) is 6.22. The van der Waals surface area contributed by atoms with Crippen LogP contribution >= 0.6 is 11.8 Å². The molecule has 2 amide bonds. The summed E-state index contributed by atoms with van der Waals surface area (Å²) in [5.41, 5.74) is 4.89. The number of hydrogen-bond acceptors (Lipinski definition) is 4. The van der Waals surface area contributed by atoms with E-state index in [2.05, 4.69) is 27.3 Å². The maximum atomic E-state index is 12.8. The number of anilines is 2. The Hall–Kier alpha value is -3.06. The Morgan fingerprint density at radius 2 is 1.61 bits per heavy atom. The summed E-state index contributed by atoms with van der Waals surface area (Å²) in [5.74, 6) is -0.212. The summed E-state index contributed by atoms with van der Waals surface area (Å²) in [7, 11) is 0. The van der Waals surface area contributed by atoms with Crippen LogP contribution in [0.15, 0.2) is 59.8 Å². The van der Waals surface area contributed by atoms with Crippen LogP contribution in [0.3, 0.4) is 0 Å². The van der Waals surface area contributed by atoms with Gasteiger partial charge in [-0.05, 0) is 69.0 Å². The van der Waals surface area contributed by atoms with Crippen LogP contribution in [0.25, 0.3) is 5.69 Å². The third-order valence-corrected chi connectivity index (χ3v) is 6.29. The van der Waals surface area contributed by atoms with Crippen molar-refractivity contribution in [3.05, 3.63) is 66.0 Å². The predicted octanol–water partition coefficient (Wildman–Crippen LogP) is 4.83. The van der Waals surface area contributed by atoms with Crippen molar-refractivity contribution in [2.75, 3.05) is 10.6 Å². The van der Waals surface area contributed by atoms with Crippen LogP contribution in [0, 0.1) is 0 Å². The molecule has 1 atom stereocenters. The number of aromatic nitrogens is 2. The van der Waals surface area contributed by atoms with Crippen LogP contribution in [-0.2, 0) is 22.4 Å². The van der Waals surface area contributed by atoms with Crippen LogP contribution in [0.4, 0.5) is 11.4 Å². The maximum absolute atomic E-state index is 12.8. The Morgan fingerprint density at radius 3 is 2.29 bits per heavy atom. The van der Waals surface area contributed by atoms with Gasteiger partial charge in [0.15, 0.2) is 5.16 Å². The third kappa shape index (κ3) is 4.99. The van der Waals surface area contributed by atoms with Crippen LogP contribution in [0.5, 0.6) is 0 Å². The molecule has 0 saturated carbocycles. The smallest absolute Gasteiger partial charge is 0.237 e. The number of carbonyl (C=O) groups excluding carboxylic acids is 2. The van der Waals surface area contributed by atoms with Gasteiger partial charge in [-0.1, -0.05) is 30.0 Å². The van der Waals surface area contributed by atoms with Gasteiger partial charge in [-0.3, -0.25) is 14.2 Å². The van der Waals surface area contributed by atoms with Gasteiger partial charge in [0.2, 0.25) is 11.8 Å². The van der Waals surface area contributed by atoms with E-state index >= 15 is 0 Å². The highest BCUT2D eigenvalue weighted by Crippen LogP contribution is 2.32. The van der Waals surface area contributed by atoms with Gasteiger partial charge >= 0.3 is 0 Å². The third-order valence-electron chi connectivity index (χ3n) is 5.24. The number of para-hydroxylation sites is 1. The minimum Gasteiger partial charge on any atom is -0.326 e. The molecule has 2 N–H and O–H groups in total. The van der Waals surface area contributed by atoms with E-state index in [9.17, 15) is 9.59 Å². The largest absolute Gasteiger partial charge is 0.326 e. The van der Waals surface area contributed by atoms with Crippen molar-refractivity contribution >= 4 is 35.0 Å². The molecule has 0 aliphatic heterocycles. The lowest BCUT2D eigenvalue weighted by molar-refractivity contribution is -0.115. The van der Waals surface area contributed by atoms with Gasteiger partial charge in [0.05, 0.1) is 10.9 Å². The number of rotatable bonds is 6. The van der Waals surface area contributed by atoms with E-state index in [4.69, 9.17) is 4.98 Å². The number of amides is 2. The number of hydrogen-bond donors (Lipinski definition) is 2. The molecular formula is C24H26N4O2S. The van der Waals surface area contributed by atoms with Crippen molar-refractivity contribution in [2.45, 2.75) is 49.9 Å². The van der Waals surface area contributed by atoms with Crippen molar-refractivity contribution in [1.82, 2.24) is 9.55 Å². The molecule has 0 saturated heterocycles. The van der Waals surface area contributed by atoms with Crippen molar-refractivity contribution in [1.29, 1.82) is 0 Å². The summed E-state index contributed by atoms with van der Waals surface area (Å²) in [4.78, 5) is 28.9. The molecule has 0 radical (unpaired) electrons. The normalized spacial score (nSPS) is 13.9. The molecule has 6 nitrogen and oxygen atoms in total. The molecule has 31 heavy (non-hydrogen) atoms. The van der Waals surface area contributed by atoms with E-state index in [0.29, 0.717) is 11.4 Å². The van der Waals surface area contributed by atoms with Crippen molar-refractivity contribution in [2.24, 2.45) is 0 Å². The highest BCUT2D eigenvalue weighted by molar-refractivity contribution is 8.00.